The molecule has 0 aromatic carbocycles. The third-order valence-corrected chi connectivity index (χ3v) is 5.51. The minimum absolute atomic E-state index is 0. The first-order valence-electron chi connectivity index (χ1n) is 10.1. The average molecular weight is 408 g/mol. The minimum atomic E-state index is -0.0606. The number of aromatic amines is 1. The van der Waals surface area contributed by atoms with Crippen LogP contribution in [0.25, 0.3) is 22.8 Å². The van der Waals surface area contributed by atoms with Gasteiger partial charge in [-0.2, -0.15) is 5.10 Å². The lowest BCUT2D eigenvalue weighted by Crippen LogP contribution is -2.40. The van der Waals surface area contributed by atoms with Crippen LogP contribution in [-0.4, -0.2) is 62.3 Å². The van der Waals surface area contributed by atoms with E-state index in [1.165, 1.54) is 6.33 Å². The molecule has 3 aromatic rings. The van der Waals surface area contributed by atoms with E-state index in [0.29, 0.717) is 34.8 Å². The van der Waals surface area contributed by atoms with Gasteiger partial charge < -0.3 is 15.0 Å². The van der Waals surface area contributed by atoms with Gasteiger partial charge in [0.2, 0.25) is 5.91 Å². The molecule has 0 spiro atoms. The van der Waals surface area contributed by atoms with Crippen molar-refractivity contribution in [2.45, 2.75) is 19.3 Å². The maximum Gasteiger partial charge on any atom is 0.245 e. The number of carbonyl (C=O) groups is 1. The highest BCUT2D eigenvalue weighted by atomic mass is 16.5. The maximum absolute atomic E-state index is 12.1. The summed E-state index contributed by atoms with van der Waals surface area (Å²) >= 11 is 0. The summed E-state index contributed by atoms with van der Waals surface area (Å²) in [5, 5.41) is 9.47. The van der Waals surface area contributed by atoms with Crippen LogP contribution in [0.4, 0.5) is 11.6 Å². The first-order chi connectivity index (χ1) is 14.8. The molecule has 0 unspecified atom stereocenters. The van der Waals surface area contributed by atoms with E-state index in [2.05, 4.69) is 30.5 Å². The Hall–Kier alpha value is -3.40. The van der Waals surface area contributed by atoms with Crippen LogP contribution in [0.3, 0.4) is 0 Å². The van der Waals surface area contributed by atoms with Gasteiger partial charge in [-0.15, -0.1) is 0 Å². The Morgan fingerprint density at radius 3 is 2.80 bits per heavy atom. The summed E-state index contributed by atoms with van der Waals surface area (Å²) in [7, 11) is 0. The van der Waals surface area contributed by atoms with Gasteiger partial charge in [0.05, 0.1) is 18.4 Å². The molecule has 5 heterocycles. The lowest BCUT2D eigenvalue weighted by atomic mass is 9.96. The van der Waals surface area contributed by atoms with E-state index in [4.69, 9.17) is 9.72 Å². The summed E-state index contributed by atoms with van der Waals surface area (Å²) in [5.74, 6) is 2.39. The number of amides is 1. The van der Waals surface area contributed by atoms with Gasteiger partial charge in [-0.1, -0.05) is 0 Å². The Morgan fingerprint density at radius 2 is 2.03 bits per heavy atom. The van der Waals surface area contributed by atoms with Crippen molar-refractivity contribution >= 4 is 17.5 Å². The molecular weight excluding hydrogens is 384 g/mol. The molecule has 0 aliphatic carbocycles. The molecule has 30 heavy (non-hydrogen) atoms. The number of rotatable bonds is 5. The summed E-state index contributed by atoms with van der Waals surface area (Å²) in [6.07, 6.45) is 8.00. The van der Waals surface area contributed by atoms with Crippen LogP contribution in [0.5, 0.6) is 0 Å². The van der Waals surface area contributed by atoms with Crippen molar-refractivity contribution in [3.63, 3.8) is 0 Å². The number of aromatic nitrogens is 6. The summed E-state index contributed by atoms with van der Waals surface area (Å²) in [6.45, 7) is 2.70. The number of pyridine rings is 1. The Morgan fingerprint density at radius 1 is 1.13 bits per heavy atom. The van der Waals surface area contributed by atoms with E-state index < -0.39 is 0 Å². The van der Waals surface area contributed by atoms with Crippen molar-refractivity contribution in [1.29, 1.82) is 0 Å². The SMILES string of the molecule is O=C1CN(CCC2CCOCC2)c2nc(-c3ccc(-c4ncn[nH]4)nc3)cnc2N1.[HH]. The lowest BCUT2D eigenvalue weighted by molar-refractivity contribution is -0.115. The standard InChI is InChI=1S/C20H22N8O2.H2/c29-17-11-28(6-3-13-4-7-30-8-5-13)20-19(26-17)22-10-16(25-20)14-1-2-15(21-9-14)18-23-12-24-27-18;/h1-2,9-10,12-13H,3-8,11H2,(H,22,26,29)(H,23,24,27);1H. The van der Waals surface area contributed by atoms with Crippen LogP contribution in [0.2, 0.25) is 0 Å². The van der Waals surface area contributed by atoms with Gasteiger partial charge in [0, 0.05) is 32.9 Å². The smallest absolute Gasteiger partial charge is 0.245 e. The number of carbonyl (C=O) groups excluding carboxylic acids is 1. The fourth-order valence-corrected chi connectivity index (χ4v) is 3.82. The molecular formula is C20H24N8O2. The number of H-pyrrole nitrogens is 1. The number of anilines is 2. The van der Waals surface area contributed by atoms with Gasteiger partial charge in [-0.25, -0.2) is 15.0 Å². The monoisotopic (exact) mass is 408 g/mol. The average Bonchev–Trinajstić information content (AvgIpc) is 3.33. The van der Waals surface area contributed by atoms with Crippen molar-refractivity contribution in [1.82, 2.24) is 30.1 Å². The number of ether oxygens (including phenoxy) is 1. The molecule has 10 heteroatoms. The Kier molecular flexibility index (Phi) is 5.06. The van der Waals surface area contributed by atoms with Crippen molar-refractivity contribution in [3.05, 3.63) is 30.9 Å². The Labute approximate surface area is 174 Å². The second-order valence-corrected chi connectivity index (χ2v) is 7.51. The largest absolute Gasteiger partial charge is 0.381 e. The summed E-state index contributed by atoms with van der Waals surface area (Å²) in [4.78, 5) is 32.0. The van der Waals surface area contributed by atoms with Crippen molar-refractivity contribution < 1.29 is 11.0 Å². The van der Waals surface area contributed by atoms with E-state index >= 15 is 0 Å². The molecule has 2 aliphatic rings. The van der Waals surface area contributed by atoms with Gasteiger partial charge in [0.1, 0.15) is 12.0 Å². The Bertz CT molecular complexity index is 1020. The van der Waals surface area contributed by atoms with Crippen molar-refractivity contribution in [2.24, 2.45) is 5.92 Å². The topological polar surface area (TPSA) is 122 Å². The summed E-state index contributed by atoms with van der Waals surface area (Å²) in [5.41, 5.74) is 2.25. The van der Waals surface area contributed by atoms with E-state index in [0.717, 1.165) is 44.6 Å². The number of nitrogens with zero attached hydrogens (tertiary/aromatic N) is 6. The highest BCUT2D eigenvalue weighted by Crippen LogP contribution is 2.30. The molecule has 5 rings (SSSR count). The van der Waals surface area contributed by atoms with E-state index in [-0.39, 0.29) is 13.9 Å². The van der Waals surface area contributed by atoms with Gasteiger partial charge in [0.15, 0.2) is 17.5 Å². The maximum atomic E-state index is 12.1. The normalized spacial score (nSPS) is 16.9. The molecule has 0 radical (unpaired) electrons. The van der Waals surface area contributed by atoms with Crippen LogP contribution >= 0.6 is 0 Å². The Balaban J connectivity index is 0.00000231. The van der Waals surface area contributed by atoms with Crippen LogP contribution in [-0.2, 0) is 9.53 Å². The lowest BCUT2D eigenvalue weighted by Gasteiger charge is -2.31. The molecule has 0 saturated carbocycles. The van der Waals surface area contributed by atoms with Gasteiger partial charge in [0.25, 0.3) is 0 Å². The van der Waals surface area contributed by atoms with Crippen LogP contribution < -0.4 is 10.2 Å². The molecule has 3 aromatic heterocycles. The first-order valence-corrected chi connectivity index (χ1v) is 10.1. The second-order valence-electron chi connectivity index (χ2n) is 7.51. The molecule has 1 saturated heterocycles. The van der Waals surface area contributed by atoms with Crippen molar-refractivity contribution in [2.75, 3.05) is 36.5 Å². The zero-order valence-electron chi connectivity index (χ0n) is 16.4. The summed E-state index contributed by atoms with van der Waals surface area (Å²) < 4.78 is 5.45. The quantitative estimate of drug-likeness (QED) is 0.658. The number of hydrogen-bond acceptors (Lipinski definition) is 8. The van der Waals surface area contributed by atoms with Crippen LogP contribution in [0.15, 0.2) is 30.9 Å². The van der Waals surface area contributed by atoms with E-state index in [1.54, 1.807) is 12.4 Å². The van der Waals surface area contributed by atoms with Crippen LogP contribution in [0, 0.1) is 5.92 Å². The zero-order chi connectivity index (χ0) is 20.3. The highest BCUT2D eigenvalue weighted by molar-refractivity contribution is 5.99. The first kappa shape index (κ1) is 18.6. The molecule has 2 N–H and O–H groups in total. The molecule has 1 amide bonds. The van der Waals surface area contributed by atoms with Gasteiger partial charge in [-0.05, 0) is 37.3 Å². The van der Waals surface area contributed by atoms with E-state index in [1.807, 2.05) is 17.0 Å². The third kappa shape index (κ3) is 3.86. The van der Waals surface area contributed by atoms with Crippen molar-refractivity contribution in [3.8, 4) is 22.8 Å². The van der Waals surface area contributed by atoms with E-state index in [9.17, 15) is 4.79 Å². The summed E-state index contributed by atoms with van der Waals surface area (Å²) in [6, 6.07) is 3.79. The molecule has 156 valence electrons. The second kappa shape index (κ2) is 8.15. The molecule has 2 aliphatic heterocycles. The highest BCUT2D eigenvalue weighted by Gasteiger charge is 2.26. The van der Waals surface area contributed by atoms with Crippen LogP contribution in [0.1, 0.15) is 20.7 Å². The number of hydrogen-bond donors (Lipinski definition) is 2. The number of nitrogens with one attached hydrogen (secondary N) is 2. The fourth-order valence-electron chi connectivity index (χ4n) is 3.82. The zero-order valence-corrected chi connectivity index (χ0v) is 16.4. The van der Waals surface area contributed by atoms with Gasteiger partial charge >= 0.3 is 0 Å². The fraction of sp³-hybridized carbons (Fsp3) is 0.400. The minimum Gasteiger partial charge on any atom is -0.381 e. The predicted octanol–water partition coefficient (Wildman–Crippen LogP) is 2.14. The third-order valence-electron chi connectivity index (χ3n) is 5.51. The predicted molar refractivity (Wildman–Crippen MR) is 112 cm³/mol. The number of fused-ring (bicyclic) bond motifs is 1. The molecule has 1 fully saturated rings. The molecule has 10 nitrogen and oxygen atoms in total. The molecule has 0 atom stereocenters. The molecule has 0 bridgehead atoms. The van der Waals surface area contributed by atoms with Gasteiger partial charge in [-0.3, -0.25) is 14.9 Å².